The summed E-state index contributed by atoms with van der Waals surface area (Å²) in [6.45, 7) is 4.39. The number of thiophene rings is 1. The molecule has 0 spiro atoms. The third kappa shape index (κ3) is 5.52. The minimum atomic E-state index is 0.638. The van der Waals surface area contributed by atoms with Crippen molar-refractivity contribution in [2.75, 3.05) is 20.2 Å². The SMILES string of the molecule is CCCNCC(Cc1ccc(OC)cc1)Cc1ccsc1. The van der Waals surface area contributed by atoms with E-state index < -0.39 is 0 Å². The molecular formula is C18H25NOS. The van der Waals surface area contributed by atoms with E-state index in [9.17, 15) is 0 Å². The molecule has 1 atom stereocenters. The summed E-state index contributed by atoms with van der Waals surface area (Å²) in [5, 5.41) is 8.00. The minimum Gasteiger partial charge on any atom is -0.497 e. The lowest BCUT2D eigenvalue weighted by Gasteiger charge is -2.17. The van der Waals surface area contributed by atoms with Crippen LogP contribution in [0.5, 0.6) is 5.75 Å². The first kappa shape index (κ1) is 16.1. The van der Waals surface area contributed by atoms with Crippen molar-refractivity contribution in [3.63, 3.8) is 0 Å². The van der Waals surface area contributed by atoms with Gasteiger partial charge in [0.1, 0.15) is 5.75 Å². The lowest BCUT2D eigenvalue weighted by molar-refractivity contribution is 0.414. The zero-order valence-corrected chi connectivity index (χ0v) is 13.8. The second-order valence-corrected chi connectivity index (χ2v) is 6.24. The van der Waals surface area contributed by atoms with Crippen LogP contribution in [0.3, 0.4) is 0 Å². The Morgan fingerprint density at radius 1 is 1.10 bits per heavy atom. The zero-order chi connectivity index (χ0) is 14.9. The first-order chi connectivity index (χ1) is 10.3. The van der Waals surface area contributed by atoms with Gasteiger partial charge in [0.25, 0.3) is 0 Å². The summed E-state index contributed by atoms with van der Waals surface area (Å²) in [5.41, 5.74) is 2.84. The van der Waals surface area contributed by atoms with Crippen molar-refractivity contribution in [1.82, 2.24) is 5.32 Å². The van der Waals surface area contributed by atoms with E-state index in [-0.39, 0.29) is 0 Å². The van der Waals surface area contributed by atoms with Crippen molar-refractivity contribution in [1.29, 1.82) is 0 Å². The Labute approximate surface area is 132 Å². The molecule has 1 aromatic heterocycles. The van der Waals surface area contributed by atoms with Crippen LogP contribution >= 0.6 is 11.3 Å². The maximum absolute atomic E-state index is 5.23. The molecule has 2 aromatic rings. The fourth-order valence-corrected chi connectivity index (χ4v) is 3.22. The molecule has 114 valence electrons. The van der Waals surface area contributed by atoms with E-state index in [0.29, 0.717) is 5.92 Å². The molecule has 1 aromatic carbocycles. The monoisotopic (exact) mass is 303 g/mol. The molecule has 0 saturated heterocycles. The van der Waals surface area contributed by atoms with Crippen LogP contribution < -0.4 is 10.1 Å². The van der Waals surface area contributed by atoms with Crippen LogP contribution in [0.15, 0.2) is 41.1 Å². The Morgan fingerprint density at radius 2 is 1.86 bits per heavy atom. The maximum Gasteiger partial charge on any atom is 0.118 e. The van der Waals surface area contributed by atoms with Gasteiger partial charge in [-0.05, 0) is 78.4 Å². The van der Waals surface area contributed by atoms with E-state index >= 15 is 0 Å². The number of hydrogen-bond donors (Lipinski definition) is 1. The molecule has 1 unspecified atom stereocenters. The summed E-state index contributed by atoms with van der Waals surface area (Å²) in [4.78, 5) is 0. The van der Waals surface area contributed by atoms with Crippen LogP contribution in [0.25, 0.3) is 0 Å². The van der Waals surface area contributed by atoms with Gasteiger partial charge in [-0.1, -0.05) is 19.1 Å². The number of ether oxygens (including phenoxy) is 1. The third-order valence-electron chi connectivity index (χ3n) is 3.65. The quantitative estimate of drug-likeness (QED) is 0.702. The van der Waals surface area contributed by atoms with E-state index in [1.165, 1.54) is 17.5 Å². The van der Waals surface area contributed by atoms with Gasteiger partial charge >= 0.3 is 0 Å². The van der Waals surface area contributed by atoms with Gasteiger partial charge in [0.05, 0.1) is 7.11 Å². The predicted octanol–water partition coefficient (Wildman–Crippen LogP) is 4.16. The summed E-state index contributed by atoms with van der Waals surface area (Å²) in [5.74, 6) is 1.57. The fourth-order valence-electron chi connectivity index (χ4n) is 2.54. The van der Waals surface area contributed by atoms with Gasteiger partial charge in [0, 0.05) is 0 Å². The summed E-state index contributed by atoms with van der Waals surface area (Å²) in [6, 6.07) is 10.7. The second kappa shape index (κ2) is 8.85. The summed E-state index contributed by atoms with van der Waals surface area (Å²) < 4.78 is 5.23. The highest BCUT2D eigenvalue weighted by molar-refractivity contribution is 7.07. The molecule has 1 N–H and O–H groups in total. The van der Waals surface area contributed by atoms with E-state index in [2.05, 4.69) is 53.3 Å². The fraction of sp³-hybridized carbons (Fsp3) is 0.444. The number of methoxy groups -OCH3 is 1. The average Bonchev–Trinajstić information content (AvgIpc) is 3.01. The Morgan fingerprint density at radius 3 is 2.48 bits per heavy atom. The van der Waals surface area contributed by atoms with Gasteiger partial charge < -0.3 is 10.1 Å². The number of rotatable bonds is 9. The molecule has 2 nitrogen and oxygen atoms in total. The van der Waals surface area contributed by atoms with Gasteiger partial charge in [-0.3, -0.25) is 0 Å². The third-order valence-corrected chi connectivity index (χ3v) is 4.38. The van der Waals surface area contributed by atoms with Crippen LogP contribution in [0.1, 0.15) is 24.5 Å². The number of nitrogens with one attached hydrogen (secondary N) is 1. The average molecular weight is 303 g/mol. The maximum atomic E-state index is 5.23. The molecule has 0 saturated carbocycles. The summed E-state index contributed by atoms with van der Waals surface area (Å²) in [7, 11) is 1.71. The van der Waals surface area contributed by atoms with Crippen LogP contribution in [-0.2, 0) is 12.8 Å². The molecule has 0 radical (unpaired) electrons. The lowest BCUT2D eigenvalue weighted by Crippen LogP contribution is -2.26. The van der Waals surface area contributed by atoms with Crippen molar-refractivity contribution in [2.24, 2.45) is 5.92 Å². The molecule has 0 bridgehead atoms. The van der Waals surface area contributed by atoms with Crippen LogP contribution in [0.2, 0.25) is 0 Å². The molecule has 0 aliphatic heterocycles. The number of benzene rings is 1. The highest BCUT2D eigenvalue weighted by Crippen LogP contribution is 2.18. The molecule has 3 heteroatoms. The van der Waals surface area contributed by atoms with Crippen molar-refractivity contribution in [2.45, 2.75) is 26.2 Å². The minimum absolute atomic E-state index is 0.638. The van der Waals surface area contributed by atoms with Gasteiger partial charge in [-0.15, -0.1) is 0 Å². The lowest BCUT2D eigenvalue weighted by atomic mass is 9.93. The Bertz CT molecular complexity index is 492. The van der Waals surface area contributed by atoms with Crippen molar-refractivity contribution >= 4 is 11.3 Å². The molecule has 0 amide bonds. The molecule has 0 aliphatic rings. The Hall–Kier alpha value is -1.32. The zero-order valence-electron chi connectivity index (χ0n) is 13.0. The Kier molecular flexibility index (Phi) is 6.77. The molecular weight excluding hydrogens is 278 g/mol. The van der Waals surface area contributed by atoms with Gasteiger partial charge in [-0.2, -0.15) is 11.3 Å². The second-order valence-electron chi connectivity index (χ2n) is 5.46. The normalized spacial score (nSPS) is 12.3. The summed E-state index contributed by atoms with van der Waals surface area (Å²) >= 11 is 1.78. The van der Waals surface area contributed by atoms with Gasteiger partial charge in [0.2, 0.25) is 0 Å². The molecule has 21 heavy (non-hydrogen) atoms. The first-order valence-electron chi connectivity index (χ1n) is 7.66. The molecule has 2 rings (SSSR count). The van der Waals surface area contributed by atoms with Crippen LogP contribution in [0.4, 0.5) is 0 Å². The van der Waals surface area contributed by atoms with E-state index in [0.717, 1.165) is 31.7 Å². The van der Waals surface area contributed by atoms with Crippen molar-refractivity contribution < 1.29 is 4.74 Å². The highest BCUT2D eigenvalue weighted by atomic mass is 32.1. The predicted molar refractivity (Wildman–Crippen MR) is 91.4 cm³/mol. The van der Waals surface area contributed by atoms with Gasteiger partial charge in [-0.25, -0.2) is 0 Å². The first-order valence-corrected chi connectivity index (χ1v) is 8.60. The molecule has 1 heterocycles. The standard InChI is InChI=1S/C18H25NOS/c1-3-9-19-13-17(12-16-8-10-21-14-16)11-15-4-6-18(20-2)7-5-15/h4-8,10,14,17,19H,3,9,11-13H2,1-2H3. The Balaban J connectivity index is 1.96. The van der Waals surface area contributed by atoms with Gasteiger partial charge in [0.15, 0.2) is 0 Å². The van der Waals surface area contributed by atoms with E-state index in [1.807, 2.05) is 0 Å². The van der Waals surface area contributed by atoms with E-state index in [4.69, 9.17) is 4.74 Å². The largest absolute Gasteiger partial charge is 0.497 e. The van der Waals surface area contributed by atoms with Crippen molar-refractivity contribution in [3.05, 3.63) is 52.2 Å². The topological polar surface area (TPSA) is 21.3 Å². The smallest absolute Gasteiger partial charge is 0.118 e. The van der Waals surface area contributed by atoms with Crippen LogP contribution in [-0.4, -0.2) is 20.2 Å². The van der Waals surface area contributed by atoms with Crippen LogP contribution in [0, 0.1) is 5.92 Å². The molecule has 0 fully saturated rings. The molecule has 0 aliphatic carbocycles. The number of hydrogen-bond acceptors (Lipinski definition) is 3. The highest BCUT2D eigenvalue weighted by Gasteiger charge is 2.11. The summed E-state index contributed by atoms with van der Waals surface area (Å²) in [6.07, 6.45) is 3.44. The van der Waals surface area contributed by atoms with Crippen molar-refractivity contribution in [3.8, 4) is 5.75 Å². The van der Waals surface area contributed by atoms with E-state index in [1.54, 1.807) is 18.4 Å².